The molecule has 1 amide bonds. The van der Waals surface area contributed by atoms with E-state index >= 15 is 0 Å². The van der Waals surface area contributed by atoms with Crippen LogP contribution < -0.4 is 5.32 Å². The van der Waals surface area contributed by atoms with Crippen LogP contribution in [0.4, 0.5) is 0 Å². The highest BCUT2D eigenvalue weighted by molar-refractivity contribution is 5.87. The molecule has 0 aliphatic carbocycles. The van der Waals surface area contributed by atoms with Crippen LogP contribution in [0.1, 0.15) is 28.9 Å². The number of aromatic carboxylic acids is 1. The largest absolute Gasteiger partial charge is 0.478 e. The third-order valence-electron chi connectivity index (χ3n) is 3.21. The molecule has 0 aliphatic heterocycles. The molecular weight excluding hydrogens is 270 g/mol. The molecule has 0 radical (unpaired) electrons. The summed E-state index contributed by atoms with van der Waals surface area (Å²) >= 11 is 0. The quantitative estimate of drug-likeness (QED) is 0.843. The molecule has 6 nitrogen and oxygen atoms in total. The van der Waals surface area contributed by atoms with E-state index in [2.05, 4.69) is 10.4 Å². The first-order valence-electron chi connectivity index (χ1n) is 6.67. The number of carbonyl (C=O) groups excluding carboxylic acids is 1. The maximum atomic E-state index is 11.9. The second kappa shape index (κ2) is 6.69. The molecule has 0 saturated heterocycles. The van der Waals surface area contributed by atoms with E-state index in [1.54, 1.807) is 54.3 Å². The third kappa shape index (κ3) is 3.92. The number of rotatable bonds is 6. The van der Waals surface area contributed by atoms with Gasteiger partial charge in [0.25, 0.3) is 0 Å². The van der Waals surface area contributed by atoms with E-state index in [0.29, 0.717) is 13.0 Å². The minimum absolute atomic E-state index is 0.0964. The molecular formula is C15H17N3O3. The predicted molar refractivity (Wildman–Crippen MR) is 77.1 cm³/mol. The van der Waals surface area contributed by atoms with E-state index in [9.17, 15) is 9.59 Å². The van der Waals surface area contributed by atoms with Crippen molar-refractivity contribution in [1.82, 2.24) is 15.1 Å². The summed E-state index contributed by atoms with van der Waals surface area (Å²) in [5.41, 5.74) is 1.24. The van der Waals surface area contributed by atoms with E-state index in [-0.39, 0.29) is 17.5 Å². The summed E-state index contributed by atoms with van der Waals surface area (Å²) in [6.07, 6.45) is 4.03. The molecule has 2 aromatic rings. The van der Waals surface area contributed by atoms with Gasteiger partial charge in [-0.1, -0.05) is 12.1 Å². The van der Waals surface area contributed by atoms with E-state index in [1.165, 1.54) is 0 Å². The summed E-state index contributed by atoms with van der Waals surface area (Å²) in [4.78, 5) is 22.7. The fourth-order valence-electron chi connectivity index (χ4n) is 1.92. The van der Waals surface area contributed by atoms with E-state index in [1.807, 2.05) is 0 Å². The number of amides is 1. The Labute approximate surface area is 122 Å². The second-order valence-corrected chi connectivity index (χ2v) is 4.71. The number of nitrogens with one attached hydrogen (secondary N) is 1. The summed E-state index contributed by atoms with van der Waals surface area (Å²) in [7, 11) is 0. The Bertz CT molecular complexity index is 606. The highest BCUT2D eigenvalue weighted by Gasteiger charge is 2.13. The molecule has 21 heavy (non-hydrogen) atoms. The lowest BCUT2D eigenvalue weighted by Crippen LogP contribution is -2.32. The Hall–Kier alpha value is -2.63. The van der Waals surface area contributed by atoms with Gasteiger partial charge in [-0.05, 0) is 37.1 Å². The van der Waals surface area contributed by atoms with Crippen LogP contribution in [0.5, 0.6) is 0 Å². The van der Waals surface area contributed by atoms with Crippen LogP contribution in [0.3, 0.4) is 0 Å². The van der Waals surface area contributed by atoms with Gasteiger partial charge in [0.1, 0.15) is 6.04 Å². The maximum absolute atomic E-state index is 11.9. The first kappa shape index (κ1) is 14.8. The smallest absolute Gasteiger partial charge is 0.335 e. The van der Waals surface area contributed by atoms with E-state index in [4.69, 9.17) is 5.11 Å². The molecule has 1 atom stereocenters. The average Bonchev–Trinajstić information content (AvgIpc) is 3.01. The summed E-state index contributed by atoms with van der Waals surface area (Å²) in [5, 5.41) is 15.7. The SMILES string of the molecule is C[C@H](C(=O)NCCc1ccc(C(=O)O)cc1)n1cccn1. The Morgan fingerprint density at radius 2 is 2.05 bits per heavy atom. The van der Waals surface area contributed by atoms with Crippen LogP contribution in [-0.2, 0) is 11.2 Å². The van der Waals surface area contributed by atoms with E-state index < -0.39 is 5.97 Å². The molecule has 1 aromatic heterocycles. The lowest BCUT2D eigenvalue weighted by atomic mass is 10.1. The lowest BCUT2D eigenvalue weighted by Gasteiger charge is -2.12. The number of nitrogens with zero attached hydrogens (tertiary/aromatic N) is 2. The maximum Gasteiger partial charge on any atom is 0.335 e. The van der Waals surface area contributed by atoms with Gasteiger partial charge in [0.2, 0.25) is 5.91 Å². The molecule has 1 heterocycles. The van der Waals surface area contributed by atoms with Crippen LogP contribution in [0.2, 0.25) is 0 Å². The van der Waals surface area contributed by atoms with Gasteiger partial charge in [-0.3, -0.25) is 9.48 Å². The van der Waals surface area contributed by atoms with Gasteiger partial charge in [-0.15, -0.1) is 0 Å². The fourth-order valence-corrected chi connectivity index (χ4v) is 1.92. The Morgan fingerprint density at radius 1 is 1.33 bits per heavy atom. The lowest BCUT2D eigenvalue weighted by molar-refractivity contribution is -0.124. The topological polar surface area (TPSA) is 84.2 Å². The van der Waals surface area contributed by atoms with Gasteiger partial charge >= 0.3 is 5.97 Å². The first-order chi connectivity index (χ1) is 10.1. The zero-order valence-corrected chi connectivity index (χ0v) is 11.7. The van der Waals surface area contributed by atoms with Gasteiger partial charge in [0.15, 0.2) is 0 Å². The zero-order valence-electron chi connectivity index (χ0n) is 11.7. The molecule has 2 rings (SSSR count). The standard InChI is InChI=1S/C15H17N3O3/c1-11(18-10-2-8-17-18)14(19)16-9-7-12-3-5-13(6-4-12)15(20)21/h2-6,8,10-11H,7,9H2,1H3,(H,16,19)(H,20,21)/t11-/m1/s1. The number of carboxylic acid groups (broad SMARTS) is 1. The highest BCUT2D eigenvalue weighted by atomic mass is 16.4. The Morgan fingerprint density at radius 3 is 2.62 bits per heavy atom. The Balaban J connectivity index is 1.81. The number of benzene rings is 1. The van der Waals surface area contributed by atoms with Crippen molar-refractivity contribution in [2.75, 3.05) is 6.54 Å². The van der Waals surface area contributed by atoms with Crippen LogP contribution in [-0.4, -0.2) is 33.3 Å². The van der Waals surface area contributed by atoms with Crippen LogP contribution >= 0.6 is 0 Å². The Kier molecular flexibility index (Phi) is 4.71. The summed E-state index contributed by atoms with van der Waals surface area (Å²) in [5.74, 6) is -1.04. The molecule has 6 heteroatoms. The summed E-state index contributed by atoms with van der Waals surface area (Å²) in [6, 6.07) is 8.05. The minimum atomic E-state index is -0.942. The number of aromatic nitrogens is 2. The fraction of sp³-hybridized carbons (Fsp3) is 0.267. The number of carbonyl (C=O) groups is 2. The van der Waals surface area contributed by atoms with Crippen LogP contribution in [0, 0.1) is 0 Å². The molecule has 0 unspecified atom stereocenters. The zero-order chi connectivity index (χ0) is 15.2. The molecule has 1 aromatic carbocycles. The minimum Gasteiger partial charge on any atom is -0.478 e. The third-order valence-corrected chi connectivity index (χ3v) is 3.21. The van der Waals surface area contributed by atoms with E-state index in [0.717, 1.165) is 5.56 Å². The molecule has 110 valence electrons. The van der Waals surface area contributed by atoms with Crippen molar-refractivity contribution in [2.45, 2.75) is 19.4 Å². The second-order valence-electron chi connectivity index (χ2n) is 4.71. The molecule has 0 aliphatic rings. The molecule has 0 fully saturated rings. The van der Waals surface area contributed by atoms with Crippen molar-refractivity contribution in [1.29, 1.82) is 0 Å². The van der Waals surface area contributed by atoms with Crippen molar-refractivity contribution in [2.24, 2.45) is 0 Å². The van der Waals surface area contributed by atoms with Gasteiger partial charge in [0.05, 0.1) is 5.56 Å². The molecule has 0 spiro atoms. The normalized spacial score (nSPS) is 11.9. The monoisotopic (exact) mass is 287 g/mol. The number of hydrogen-bond acceptors (Lipinski definition) is 3. The summed E-state index contributed by atoms with van der Waals surface area (Å²) < 4.78 is 1.59. The van der Waals surface area contributed by atoms with Gasteiger partial charge in [0, 0.05) is 18.9 Å². The van der Waals surface area contributed by atoms with Gasteiger partial charge < -0.3 is 10.4 Å². The average molecular weight is 287 g/mol. The molecule has 0 saturated carbocycles. The summed E-state index contributed by atoms with van der Waals surface area (Å²) in [6.45, 7) is 2.28. The van der Waals surface area contributed by atoms with Crippen molar-refractivity contribution in [3.05, 3.63) is 53.9 Å². The molecule has 0 bridgehead atoms. The van der Waals surface area contributed by atoms with Gasteiger partial charge in [-0.25, -0.2) is 4.79 Å². The molecule has 2 N–H and O–H groups in total. The van der Waals surface area contributed by atoms with Crippen molar-refractivity contribution >= 4 is 11.9 Å². The number of hydrogen-bond donors (Lipinski definition) is 2. The number of carboxylic acids is 1. The van der Waals surface area contributed by atoms with Gasteiger partial charge in [-0.2, -0.15) is 5.10 Å². The highest BCUT2D eigenvalue weighted by Crippen LogP contribution is 2.06. The van der Waals surface area contributed by atoms with Crippen molar-refractivity contribution < 1.29 is 14.7 Å². The van der Waals surface area contributed by atoms with Crippen molar-refractivity contribution in [3.63, 3.8) is 0 Å². The van der Waals surface area contributed by atoms with Crippen LogP contribution in [0.25, 0.3) is 0 Å². The van der Waals surface area contributed by atoms with Crippen molar-refractivity contribution in [3.8, 4) is 0 Å². The van der Waals surface area contributed by atoms with Crippen LogP contribution in [0.15, 0.2) is 42.7 Å². The first-order valence-corrected chi connectivity index (χ1v) is 6.67. The predicted octanol–water partition coefficient (Wildman–Crippen LogP) is 1.50.